The first-order chi connectivity index (χ1) is 11.6. The fraction of sp³-hybridized carbons (Fsp3) is 0.0526. The number of hydrogen-bond acceptors (Lipinski definition) is 4. The summed E-state index contributed by atoms with van der Waals surface area (Å²) in [5.74, 6) is -0.698. The van der Waals surface area contributed by atoms with Gasteiger partial charge in [0.25, 0.3) is 0 Å². The van der Waals surface area contributed by atoms with E-state index >= 15 is 0 Å². The maximum Gasteiger partial charge on any atom is 0.229 e. The van der Waals surface area contributed by atoms with Gasteiger partial charge >= 0.3 is 0 Å². The van der Waals surface area contributed by atoms with E-state index in [-0.39, 0.29) is 29.5 Å². The van der Waals surface area contributed by atoms with Crippen LogP contribution in [-0.2, 0) is 11.2 Å². The van der Waals surface area contributed by atoms with Crippen LogP contribution in [0, 0.1) is 11.3 Å². The zero-order chi connectivity index (χ0) is 17.4. The second kappa shape index (κ2) is 8.20. The molecule has 0 bridgehead atoms. The highest BCUT2D eigenvalue weighted by molar-refractivity contribution is 5.81. The van der Waals surface area contributed by atoms with Crippen molar-refractivity contribution in [2.75, 3.05) is 0 Å². The lowest BCUT2D eigenvalue weighted by atomic mass is 10.1. The molecule has 2 aromatic rings. The van der Waals surface area contributed by atoms with E-state index in [1.54, 1.807) is 18.2 Å². The Balaban J connectivity index is 1.98. The molecule has 5 nitrogen and oxygen atoms in total. The number of nitrogens with one attached hydrogen (secondary N) is 1. The van der Waals surface area contributed by atoms with Gasteiger partial charge in [0, 0.05) is 0 Å². The monoisotopic (exact) mass is 320 g/mol. The Morgan fingerprint density at radius 2 is 1.88 bits per heavy atom. The number of nitriles is 1. The summed E-state index contributed by atoms with van der Waals surface area (Å²) in [7, 11) is 0. The highest BCUT2D eigenvalue weighted by Gasteiger charge is 2.04. The lowest BCUT2D eigenvalue weighted by Gasteiger charge is -2.03. The number of phenols is 2. The number of amides is 1. The van der Waals surface area contributed by atoms with Crippen molar-refractivity contribution in [3.63, 3.8) is 0 Å². The number of carbonyl (C=O) groups is 1. The first-order valence-corrected chi connectivity index (χ1v) is 7.22. The molecule has 0 aliphatic rings. The summed E-state index contributed by atoms with van der Waals surface area (Å²) in [4.78, 5) is 11.9. The van der Waals surface area contributed by atoms with Crippen LogP contribution >= 0.6 is 0 Å². The second-order valence-corrected chi connectivity index (χ2v) is 5.01. The zero-order valence-electron chi connectivity index (χ0n) is 12.8. The summed E-state index contributed by atoms with van der Waals surface area (Å²) >= 11 is 0. The molecule has 1 amide bonds. The number of aromatic hydroxyl groups is 2. The Hall–Kier alpha value is -3.52. The molecule has 120 valence electrons. The molecular weight excluding hydrogens is 304 g/mol. The van der Waals surface area contributed by atoms with Gasteiger partial charge in [0.05, 0.1) is 6.42 Å². The molecule has 0 saturated carbocycles. The van der Waals surface area contributed by atoms with Crippen LogP contribution in [0.1, 0.15) is 11.1 Å². The maximum absolute atomic E-state index is 11.9. The van der Waals surface area contributed by atoms with E-state index in [9.17, 15) is 15.0 Å². The van der Waals surface area contributed by atoms with Gasteiger partial charge < -0.3 is 15.5 Å². The van der Waals surface area contributed by atoms with Crippen LogP contribution < -0.4 is 5.32 Å². The van der Waals surface area contributed by atoms with Crippen molar-refractivity contribution in [1.29, 1.82) is 5.26 Å². The van der Waals surface area contributed by atoms with E-state index in [1.165, 1.54) is 18.2 Å². The molecule has 0 aliphatic heterocycles. The molecule has 0 fully saturated rings. The van der Waals surface area contributed by atoms with Gasteiger partial charge in [-0.1, -0.05) is 48.6 Å². The minimum atomic E-state index is -0.273. The summed E-state index contributed by atoms with van der Waals surface area (Å²) in [6.07, 6.45) is 4.87. The van der Waals surface area contributed by atoms with E-state index in [0.717, 1.165) is 5.56 Å². The molecule has 0 aromatic heterocycles. The van der Waals surface area contributed by atoms with E-state index < -0.39 is 0 Å². The van der Waals surface area contributed by atoms with Gasteiger partial charge in [-0.15, -0.1) is 0 Å². The van der Waals surface area contributed by atoms with Crippen LogP contribution in [0.2, 0.25) is 0 Å². The van der Waals surface area contributed by atoms with Crippen LogP contribution in [-0.4, -0.2) is 16.1 Å². The third-order valence-corrected chi connectivity index (χ3v) is 3.15. The van der Waals surface area contributed by atoms with Crippen molar-refractivity contribution in [2.45, 2.75) is 6.42 Å². The first kappa shape index (κ1) is 16.8. The predicted molar refractivity (Wildman–Crippen MR) is 90.8 cm³/mol. The summed E-state index contributed by atoms with van der Waals surface area (Å²) in [5, 5.41) is 30.3. The molecule has 0 aliphatic carbocycles. The van der Waals surface area contributed by atoms with Crippen LogP contribution in [0.4, 0.5) is 0 Å². The van der Waals surface area contributed by atoms with Crippen LogP contribution in [0.3, 0.4) is 0 Å². The number of nitrogens with zero attached hydrogens (tertiary/aromatic N) is 1. The van der Waals surface area contributed by atoms with E-state index in [0.29, 0.717) is 5.56 Å². The largest absolute Gasteiger partial charge is 0.504 e. The Morgan fingerprint density at radius 1 is 1.12 bits per heavy atom. The smallest absolute Gasteiger partial charge is 0.229 e. The van der Waals surface area contributed by atoms with Gasteiger partial charge in [-0.2, -0.15) is 5.26 Å². The molecule has 0 atom stereocenters. The molecule has 0 spiro atoms. The van der Waals surface area contributed by atoms with Gasteiger partial charge in [0.15, 0.2) is 11.5 Å². The molecule has 0 heterocycles. The SMILES string of the molecule is N#C/C(=C\C=C\c1ccc(O)c(O)c1)NC(=O)Cc1ccccc1. The van der Waals surface area contributed by atoms with Gasteiger partial charge in [0.1, 0.15) is 11.8 Å². The fourth-order valence-electron chi connectivity index (χ4n) is 1.98. The molecule has 0 radical (unpaired) electrons. The Kier molecular flexibility index (Phi) is 5.76. The van der Waals surface area contributed by atoms with Gasteiger partial charge in [-0.05, 0) is 29.3 Å². The van der Waals surface area contributed by atoms with E-state index in [2.05, 4.69) is 5.32 Å². The molecule has 0 unspecified atom stereocenters. The van der Waals surface area contributed by atoms with Crippen molar-refractivity contribution >= 4 is 12.0 Å². The highest BCUT2D eigenvalue weighted by atomic mass is 16.3. The Morgan fingerprint density at radius 3 is 2.54 bits per heavy atom. The molecule has 24 heavy (non-hydrogen) atoms. The van der Waals surface area contributed by atoms with E-state index in [4.69, 9.17) is 5.26 Å². The quantitative estimate of drug-likeness (QED) is 0.448. The summed E-state index contributed by atoms with van der Waals surface area (Å²) in [6, 6.07) is 15.5. The number of allylic oxidation sites excluding steroid dienone is 3. The van der Waals surface area contributed by atoms with Crippen LogP contribution in [0.5, 0.6) is 11.5 Å². The average molecular weight is 320 g/mol. The number of rotatable bonds is 5. The number of phenolic OH excluding ortho intramolecular Hbond substituents is 2. The zero-order valence-corrected chi connectivity index (χ0v) is 12.8. The van der Waals surface area contributed by atoms with Gasteiger partial charge in [-0.3, -0.25) is 4.79 Å². The first-order valence-electron chi connectivity index (χ1n) is 7.22. The molecular formula is C19H16N2O3. The Labute approximate surface area is 139 Å². The molecule has 2 aromatic carbocycles. The number of benzene rings is 2. The maximum atomic E-state index is 11.9. The molecule has 0 saturated heterocycles. The van der Waals surface area contributed by atoms with Crippen LogP contribution in [0.15, 0.2) is 66.4 Å². The average Bonchev–Trinajstić information content (AvgIpc) is 2.58. The predicted octanol–water partition coefficient (Wildman–Crippen LogP) is 2.88. The third-order valence-electron chi connectivity index (χ3n) is 3.15. The lowest BCUT2D eigenvalue weighted by Crippen LogP contribution is -2.23. The van der Waals surface area contributed by atoms with Crippen LogP contribution in [0.25, 0.3) is 6.08 Å². The third kappa shape index (κ3) is 5.04. The second-order valence-electron chi connectivity index (χ2n) is 5.01. The van der Waals surface area contributed by atoms with Gasteiger partial charge in [0.2, 0.25) is 5.91 Å². The highest BCUT2D eigenvalue weighted by Crippen LogP contribution is 2.25. The van der Waals surface area contributed by atoms with Crippen molar-refractivity contribution in [3.8, 4) is 17.6 Å². The lowest BCUT2D eigenvalue weighted by molar-refractivity contribution is -0.119. The summed E-state index contributed by atoms with van der Waals surface area (Å²) < 4.78 is 0. The van der Waals surface area contributed by atoms with Gasteiger partial charge in [-0.25, -0.2) is 0 Å². The number of carbonyl (C=O) groups excluding carboxylic acids is 1. The van der Waals surface area contributed by atoms with E-state index in [1.807, 2.05) is 36.4 Å². The normalized spacial score (nSPS) is 11.2. The molecule has 5 heteroatoms. The minimum Gasteiger partial charge on any atom is -0.504 e. The summed E-state index contributed by atoms with van der Waals surface area (Å²) in [5.41, 5.74) is 1.63. The number of hydrogen-bond donors (Lipinski definition) is 3. The van der Waals surface area contributed by atoms with Crippen molar-refractivity contribution < 1.29 is 15.0 Å². The van der Waals surface area contributed by atoms with Crippen molar-refractivity contribution in [1.82, 2.24) is 5.32 Å². The topological polar surface area (TPSA) is 93.3 Å². The molecule has 2 rings (SSSR count). The van der Waals surface area contributed by atoms with Crippen molar-refractivity contribution in [3.05, 3.63) is 77.5 Å². The van der Waals surface area contributed by atoms with Crippen molar-refractivity contribution in [2.24, 2.45) is 0 Å². The summed E-state index contributed by atoms with van der Waals surface area (Å²) in [6.45, 7) is 0. The fourth-order valence-corrected chi connectivity index (χ4v) is 1.98. The molecule has 3 N–H and O–H groups in total. The standard InChI is InChI=1S/C19H16N2O3/c20-13-16(21-19(24)12-14-5-2-1-3-6-14)8-4-7-15-9-10-17(22)18(23)11-15/h1-11,22-23H,12H2,(H,21,24)/b7-4+,16-8+. The Bertz CT molecular complexity index is 818. The minimum absolute atomic E-state index is 0.121.